The molecule has 24 heavy (non-hydrogen) atoms. The van der Waals surface area contributed by atoms with E-state index in [0.29, 0.717) is 12.2 Å². The largest absolute Gasteiger partial charge is 0.508 e. The summed E-state index contributed by atoms with van der Waals surface area (Å²) < 4.78 is 6.28. The van der Waals surface area contributed by atoms with Gasteiger partial charge in [-0.05, 0) is 76.8 Å². The van der Waals surface area contributed by atoms with Crippen molar-refractivity contribution in [2.24, 2.45) is 5.10 Å². The zero-order valence-electron chi connectivity index (χ0n) is 13.5. The molecule has 2 aromatic rings. The number of hydrogen-bond donors (Lipinski definition) is 2. The highest BCUT2D eigenvalue weighted by Crippen LogP contribution is 2.25. The highest BCUT2D eigenvalue weighted by atomic mass is 79.9. The molecule has 0 bridgehead atoms. The number of benzene rings is 2. The SMILES string of the molecule is CC/C(=N\NC(=O)COc1ccc(C)cc1Br)c1ccc(O)cc1. The molecule has 2 N–H and O–H groups in total. The van der Waals surface area contributed by atoms with Crippen molar-refractivity contribution in [2.75, 3.05) is 6.61 Å². The Bertz CT molecular complexity index is 742. The van der Waals surface area contributed by atoms with Crippen molar-refractivity contribution in [3.8, 4) is 11.5 Å². The molecule has 5 nitrogen and oxygen atoms in total. The molecule has 126 valence electrons. The van der Waals surface area contributed by atoms with Crippen LogP contribution in [-0.4, -0.2) is 23.3 Å². The first-order chi connectivity index (χ1) is 11.5. The van der Waals surface area contributed by atoms with Gasteiger partial charge in [-0.2, -0.15) is 5.10 Å². The Hall–Kier alpha value is -2.34. The first-order valence-corrected chi connectivity index (χ1v) is 8.32. The number of halogens is 1. The first kappa shape index (κ1) is 18.0. The van der Waals surface area contributed by atoms with E-state index in [9.17, 15) is 9.90 Å². The van der Waals surface area contributed by atoms with Crippen LogP contribution < -0.4 is 10.2 Å². The predicted octanol–water partition coefficient (Wildman–Crippen LogP) is 3.77. The molecule has 0 aliphatic heterocycles. The summed E-state index contributed by atoms with van der Waals surface area (Å²) in [6, 6.07) is 12.3. The number of hydrazone groups is 1. The zero-order chi connectivity index (χ0) is 17.5. The molecule has 0 spiro atoms. The number of carbonyl (C=O) groups is 1. The van der Waals surface area contributed by atoms with E-state index in [0.717, 1.165) is 21.3 Å². The van der Waals surface area contributed by atoms with Crippen LogP contribution in [0.4, 0.5) is 0 Å². The molecule has 0 fully saturated rings. The van der Waals surface area contributed by atoms with Crippen LogP contribution in [-0.2, 0) is 4.79 Å². The van der Waals surface area contributed by atoms with Crippen LogP contribution in [0.25, 0.3) is 0 Å². The molecule has 0 aromatic heterocycles. The Balaban J connectivity index is 1.94. The van der Waals surface area contributed by atoms with Crippen LogP contribution in [0.5, 0.6) is 11.5 Å². The second-order valence-corrected chi connectivity index (χ2v) is 6.07. The maximum Gasteiger partial charge on any atom is 0.277 e. The number of phenols is 1. The van der Waals surface area contributed by atoms with Gasteiger partial charge >= 0.3 is 0 Å². The van der Waals surface area contributed by atoms with E-state index in [2.05, 4.69) is 26.5 Å². The number of carbonyl (C=O) groups excluding carboxylic acids is 1. The zero-order valence-corrected chi connectivity index (χ0v) is 15.1. The summed E-state index contributed by atoms with van der Waals surface area (Å²) >= 11 is 3.40. The lowest BCUT2D eigenvalue weighted by molar-refractivity contribution is -0.123. The average molecular weight is 391 g/mol. The summed E-state index contributed by atoms with van der Waals surface area (Å²) in [4.78, 5) is 11.9. The van der Waals surface area contributed by atoms with E-state index in [1.165, 1.54) is 0 Å². The van der Waals surface area contributed by atoms with Crippen LogP contribution in [0.1, 0.15) is 24.5 Å². The Morgan fingerprint density at radius 3 is 2.58 bits per heavy atom. The minimum Gasteiger partial charge on any atom is -0.508 e. The Morgan fingerprint density at radius 1 is 1.25 bits per heavy atom. The molecule has 2 rings (SSSR count). The Labute approximate surface area is 149 Å². The first-order valence-electron chi connectivity index (χ1n) is 7.53. The number of aromatic hydroxyl groups is 1. The van der Waals surface area contributed by atoms with Gasteiger partial charge < -0.3 is 9.84 Å². The van der Waals surface area contributed by atoms with Crippen molar-refractivity contribution < 1.29 is 14.6 Å². The number of amides is 1. The smallest absolute Gasteiger partial charge is 0.277 e. The lowest BCUT2D eigenvalue weighted by atomic mass is 10.1. The van der Waals surface area contributed by atoms with Crippen molar-refractivity contribution in [1.29, 1.82) is 0 Å². The number of ether oxygens (including phenoxy) is 1. The van der Waals surface area contributed by atoms with Gasteiger partial charge in [0.25, 0.3) is 5.91 Å². The van der Waals surface area contributed by atoms with Crippen molar-refractivity contribution in [3.63, 3.8) is 0 Å². The van der Waals surface area contributed by atoms with Crippen molar-refractivity contribution in [1.82, 2.24) is 5.43 Å². The predicted molar refractivity (Wildman–Crippen MR) is 97.5 cm³/mol. The van der Waals surface area contributed by atoms with Crippen LogP contribution >= 0.6 is 15.9 Å². The third-order valence-electron chi connectivity index (χ3n) is 3.30. The average Bonchev–Trinajstić information content (AvgIpc) is 2.56. The van der Waals surface area contributed by atoms with Crippen LogP contribution in [0, 0.1) is 6.92 Å². The van der Waals surface area contributed by atoms with E-state index in [1.54, 1.807) is 24.3 Å². The van der Waals surface area contributed by atoms with Crippen LogP contribution in [0.3, 0.4) is 0 Å². The van der Waals surface area contributed by atoms with Crippen LogP contribution in [0.15, 0.2) is 52.0 Å². The topological polar surface area (TPSA) is 70.9 Å². The molecular formula is C18H19BrN2O3. The second kappa shape index (κ2) is 8.49. The minimum absolute atomic E-state index is 0.127. The third kappa shape index (κ3) is 5.09. The summed E-state index contributed by atoms with van der Waals surface area (Å²) in [5.74, 6) is 0.455. The van der Waals surface area contributed by atoms with Gasteiger partial charge in [-0.3, -0.25) is 4.79 Å². The van der Waals surface area contributed by atoms with Crippen molar-refractivity contribution in [2.45, 2.75) is 20.3 Å². The van der Waals surface area contributed by atoms with E-state index >= 15 is 0 Å². The summed E-state index contributed by atoms with van der Waals surface area (Å²) in [6.45, 7) is 3.79. The molecule has 2 aromatic carbocycles. The second-order valence-electron chi connectivity index (χ2n) is 5.22. The van der Waals surface area contributed by atoms with Gasteiger partial charge in [0, 0.05) is 0 Å². The highest BCUT2D eigenvalue weighted by Gasteiger charge is 2.07. The quantitative estimate of drug-likeness (QED) is 0.582. The molecule has 0 heterocycles. The van der Waals surface area contributed by atoms with Gasteiger partial charge in [-0.25, -0.2) is 5.43 Å². The number of aryl methyl sites for hydroxylation is 1. The van der Waals surface area contributed by atoms with E-state index < -0.39 is 0 Å². The minimum atomic E-state index is -0.341. The van der Waals surface area contributed by atoms with Crippen LogP contribution in [0.2, 0.25) is 0 Å². The standard InChI is InChI=1S/C18H19BrN2O3/c1-3-16(13-5-7-14(22)8-6-13)20-21-18(23)11-24-17-9-4-12(2)10-15(17)19/h4-10,22H,3,11H2,1-2H3,(H,21,23)/b20-16+. The lowest BCUT2D eigenvalue weighted by Crippen LogP contribution is -2.26. The summed E-state index contributed by atoms with van der Waals surface area (Å²) in [7, 11) is 0. The molecule has 0 atom stereocenters. The van der Waals surface area contributed by atoms with Gasteiger partial charge in [0.2, 0.25) is 0 Å². The molecule has 0 aliphatic rings. The number of rotatable bonds is 6. The number of nitrogens with zero attached hydrogens (tertiary/aromatic N) is 1. The van der Waals surface area contributed by atoms with Crippen molar-refractivity contribution in [3.05, 3.63) is 58.1 Å². The summed E-state index contributed by atoms with van der Waals surface area (Å²) in [6.07, 6.45) is 0.648. The number of hydrogen-bond acceptors (Lipinski definition) is 4. The number of nitrogens with one attached hydrogen (secondary N) is 1. The Morgan fingerprint density at radius 2 is 1.96 bits per heavy atom. The summed E-state index contributed by atoms with van der Waals surface area (Å²) in [5, 5.41) is 13.5. The monoisotopic (exact) mass is 390 g/mol. The fourth-order valence-electron chi connectivity index (χ4n) is 2.03. The van der Waals surface area contributed by atoms with Gasteiger partial charge in [-0.15, -0.1) is 0 Å². The highest BCUT2D eigenvalue weighted by molar-refractivity contribution is 9.10. The summed E-state index contributed by atoms with van der Waals surface area (Å²) in [5.41, 5.74) is 5.16. The fraction of sp³-hybridized carbons (Fsp3) is 0.222. The molecular weight excluding hydrogens is 372 g/mol. The molecule has 0 saturated heterocycles. The molecule has 0 aliphatic carbocycles. The molecule has 0 unspecified atom stereocenters. The fourth-order valence-corrected chi connectivity index (χ4v) is 2.64. The van der Waals surface area contributed by atoms with E-state index in [1.807, 2.05) is 32.0 Å². The van der Waals surface area contributed by atoms with Crippen molar-refractivity contribution >= 4 is 27.5 Å². The molecule has 0 saturated carbocycles. The van der Waals surface area contributed by atoms with Gasteiger partial charge in [0.1, 0.15) is 11.5 Å². The molecule has 0 radical (unpaired) electrons. The molecule has 6 heteroatoms. The lowest BCUT2D eigenvalue weighted by Gasteiger charge is -2.09. The van der Waals surface area contributed by atoms with Gasteiger partial charge in [-0.1, -0.05) is 13.0 Å². The molecule has 1 amide bonds. The normalized spacial score (nSPS) is 11.2. The van der Waals surface area contributed by atoms with Gasteiger partial charge in [0.05, 0.1) is 10.2 Å². The Kier molecular flexibility index (Phi) is 6.37. The maximum atomic E-state index is 11.9. The maximum absolute atomic E-state index is 11.9. The van der Waals surface area contributed by atoms with Gasteiger partial charge in [0.15, 0.2) is 6.61 Å². The third-order valence-corrected chi connectivity index (χ3v) is 3.92. The van der Waals surface area contributed by atoms with E-state index in [4.69, 9.17) is 4.74 Å². The van der Waals surface area contributed by atoms with E-state index in [-0.39, 0.29) is 18.3 Å². The number of phenolic OH excluding ortho intramolecular Hbond substituents is 1.